The van der Waals surface area contributed by atoms with E-state index in [-0.39, 0.29) is 0 Å². The smallest absolute Gasteiger partial charge is 0.218 e. The number of nitrogens with zero attached hydrogens (tertiary/aromatic N) is 4. The van der Waals surface area contributed by atoms with Gasteiger partial charge in [0.2, 0.25) is 10.3 Å². The Labute approximate surface area is 152 Å². The van der Waals surface area contributed by atoms with E-state index < -0.39 is 0 Å². The van der Waals surface area contributed by atoms with Crippen molar-refractivity contribution in [2.24, 2.45) is 0 Å². The summed E-state index contributed by atoms with van der Waals surface area (Å²) in [6.45, 7) is 6.00. The monoisotopic (exact) mass is 353 g/mol. The average molecular weight is 353 g/mol. The highest BCUT2D eigenvalue weighted by Crippen LogP contribution is 2.27. The van der Waals surface area contributed by atoms with Gasteiger partial charge in [-0.1, -0.05) is 41.2 Å². The first kappa shape index (κ1) is 16.3. The molecule has 1 aromatic carbocycles. The van der Waals surface area contributed by atoms with Crippen LogP contribution in [-0.4, -0.2) is 27.9 Å². The van der Waals surface area contributed by atoms with Gasteiger partial charge in [-0.05, 0) is 37.5 Å². The SMILES string of the molecule is Cc1cccc(CNCc2cccn2-c2nnc(N3CCCC3)s2)c1. The van der Waals surface area contributed by atoms with Crippen molar-refractivity contribution in [1.29, 1.82) is 0 Å². The Bertz CT molecular complexity index is 832. The lowest BCUT2D eigenvalue weighted by Crippen LogP contribution is -2.17. The molecule has 6 heteroatoms. The van der Waals surface area contributed by atoms with Crippen molar-refractivity contribution in [3.05, 3.63) is 59.4 Å². The highest BCUT2D eigenvalue weighted by molar-refractivity contribution is 7.17. The van der Waals surface area contributed by atoms with Crippen molar-refractivity contribution in [3.8, 4) is 5.13 Å². The summed E-state index contributed by atoms with van der Waals surface area (Å²) in [4.78, 5) is 2.33. The molecule has 3 aromatic rings. The van der Waals surface area contributed by atoms with Gasteiger partial charge in [-0.2, -0.15) is 0 Å². The first-order valence-electron chi connectivity index (χ1n) is 8.81. The molecule has 1 aliphatic rings. The van der Waals surface area contributed by atoms with Gasteiger partial charge >= 0.3 is 0 Å². The summed E-state index contributed by atoms with van der Waals surface area (Å²) in [6.07, 6.45) is 4.58. The third-order valence-electron chi connectivity index (χ3n) is 4.54. The summed E-state index contributed by atoms with van der Waals surface area (Å²) in [5.41, 5.74) is 3.81. The lowest BCUT2D eigenvalue weighted by Gasteiger charge is -2.11. The van der Waals surface area contributed by atoms with Crippen molar-refractivity contribution in [2.45, 2.75) is 32.9 Å². The summed E-state index contributed by atoms with van der Waals surface area (Å²) in [5.74, 6) is 0. The van der Waals surface area contributed by atoms with E-state index in [1.54, 1.807) is 11.3 Å². The highest BCUT2D eigenvalue weighted by Gasteiger charge is 2.17. The van der Waals surface area contributed by atoms with Gasteiger partial charge in [0.15, 0.2) is 0 Å². The summed E-state index contributed by atoms with van der Waals surface area (Å²) in [5, 5.41) is 14.3. The minimum absolute atomic E-state index is 0.805. The van der Waals surface area contributed by atoms with Crippen molar-refractivity contribution < 1.29 is 0 Å². The molecule has 0 atom stereocenters. The summed E-state index contributed by atoms with van der Waals surface area (Å²) < 4.78 is 2.14. The first-order chi connectivity index (χ1) is 12.3. The van der Waals surface area contributed by atoms with E-state index in [1.807, 2.05) is 0 Å². The molecule has 3 heterocycles. The molecule has 0 unspecified atom stereocenters. The summed E-state index contributed by atoms with van der Waals surface area (Å²) in [6, 6.07) is 12.8. The number of benzene rings is 1. The predicted molar refractivity (Wildman–Crippen MR) is 102 cm³/mol. The van der Waals surface area contributed by atoms with Crippen LogP contribution in [-0.2, 0) is 13.1 Å². The second-order valence-corrected chi connectivity index (χ2v) is 7.46. The first-order valence-corrected chi connectivity index (χ1v) is 9.62. The van der Waals surface area contributed by atoms with Crippen LogP contribution in [0.2, 0.25) is 0 Å². The molecule has 1 saturated heterocycles. The lowest BCUT2D eigenvalue weighted by molar-refractivity contribution is 0.668. The molecule has 25 heavy (non-hydrogen) atoms. The molecule has 0 amide bonds. The van der Waals surface area contributed by atoms with Crippen LogP contribution in [0.4, 0.5) is 5.13 Å². The van der Waals surface area contributed by atoms with Gasteiger partial charge < -0.3 is 10.2 Å². The second kappa shape index (κ2) is 7.37. The Hall–Kier alpha value is -2.18. The van der Waals surface area contributed by atoms with Crippen LogP contribution in [0, 0.1) is 6.92 Å². The van der Waals surface area contributed by atoms with E-state index >= 15 is 0 Å². The van der Waals surface area contributed by atoms with Crippen molar-refractivity contribution in [2.75, 3.05) is 18.0 Å². The molecule has 4 rings (SSSR count). The number of rotatable bonds is 6. The summed E-state index contributed by atoms with van der Waals surface area (Å²) in [7, 11) is 0. The molecule has 2 aromatic heterocycles. The van der Waals surface area contributed by atoms with Crippen LogP contribution in [0.25, 0.3) is 5.13 Å². The Morgan fingerprint density at radius 1 is 1.04 bits per heavy atom. The number of hydrogen-bond donors (Lipinski definition) is 1. The van der Waals surface area contributed by atoms with E-state index in [9.17, 15) is 0 Å². The zero-order valence-electron chi connectivity index (χ0n) is 14.5. The molecule has 0 spiro atoms. The number of hydrogen-bond acceptors (Lipinski definition) is 5. The standard InChI is InChI=1S/C19H23N5S/c1-15-6-4-7-16(12-15)13-20-14-17-8-5-11-24(17)19-22-21-18(25-19)23-9-2-3-10-23/h4-8,11-12,20H,2-3,9-10,13-14H2,1H3. The van der Waals surface area contributed by atoms with Crippen molar-refractivity contribution >= 4 is 16.5 Å². The molecule has 5 nitrogen and oxygen atoms in total. The summed E-state index contributed by atoms with van der Waals surface area (Å²) >= 11 is 1.67. The van der Waals surface area contributed by atoms with Gasteiger partial charge in [-0.25, -0.2) is 0 Å². The molecule has 1 N–H and O–H groups in total. The van der Waals surface area contributed by atoms with E-state index in [4.69, 9.17) is 0 Å². The largest absolute Gasteiger partial charge is 0.347 e. The quantitative estimate of drug-likeness (QED) is 0.736. The molecular weight excluding hydrogens is 330 g/mol. The fraction of sp³-hybridized carbons (Fsp3) is 0.368. The van der Waals surface area contributed by atoms with Crippen molar-refractivity contribution in [3.63, 3.8) is 0 Å². The van der Waals surface area contributed by atoms with Crippen LogP contribution < -0.4 is 10.2 Å². The number of aromatic nitrogens is 3. The Kier molecular flexibility index (Phi) is 4.81. The topological polar surface area (TPSA) is 46.0 Å². The van der Waals surface area contributed by atoms with E-state index in [1.165, 1.54) is 29.7 Å². The van der Waals surface area contributed by atoms with Gasteiger partial charge in [-0.3, -0.25) is 4.57 Å². The third kappa shape index (κ3) is 3.75. The van der Waals surface area contributed by atoms with E-state index in [0.717, 1.165) is 36.4 Å². The molecule has 0 radical (unpaired) electrons. The molecule has 130 valence electrons. The molecule has 0 saturated carbocycles. The van der Waals surface area contributed by atoms with Gasteiger partial charge in [0, 0.05) is 38.1 Å². The number of aryl methyl sites for hydroxylation is 1. The zero-order valence-corrected chi connectivity index (χ0v) is 15.3. The average Bonchev–Trinajstić information content (AvgIpc) is 3.35. The minimum Gasteiger partial charge on any atom is -0.347 e. The van der Waals surface area contributed by atoms with Gasteiger partial charge in [-0.15, -0.1) is 10.2 Å². The Morgan fingerprint density at radius 3 is 2.72 bits per heavy atom. The molecule has 1 aliphatic heterocycles. The number of nitrogens with one attached hydrogen (secondary N) is 1. The van der Waals surface area contributed by atoms with Crippen molar-refractivity contribution in [1.82, 2.24) is 20.1 Å². The maximum atomic E-state index is 4.40. The van der Waals surface area contributed by atoms with Crippen LogP contribution >= 0.6 is 11.3 Å². The van der Waals surface area contributed by atoms with Gasteiger partial charge in [0.05, 0.1) is 0 Å². The zero-order chi connectivity index (χ0) is 17.1. The molecule has 0 bridgehead atoms. The second-order valence-electron chi connectivity index (χ2n) is 6.52. The van der Waals surface area contributed by atoms with Crippen LogP contribution in [0.1, 0.15) is 29.7 Å². The van der Waals surface area contributed by atoms with E-state index in [0.29, 0.717) is 0 Å². The van der Waals surface area contributed by atoms with Gasteiger partial charge in [0.1, 0.15) is 0 Å². The number of anilines is 1. The van der Waals surface area contributed by atoms with E-state index in [2.05, 4.69) is 74.5 Å². The maximum Gasteiger partial charge on any atom is 0.218 e. The van der Waals surface area contributed by atoms with Crippen LogP contribution in [0.5, 0.6) is 0 Å². The fourth-order valence-corrected chi connectivity index (χ4v) is 4.16. The Morgan fingerprint density at radius 2 is 1.88 bits per heavy atom. The molecule has 0 aliphatic carbocycles. The predicted octanol–water partition coefficient (Wildman–Crippen LogP) is 3.53. The lowest BCUT2D eigenvalue weighted by atomic mass is 10.1. The van der Waals surface area contributed by atoms with Crippen LogP contribution in [0.15, 0.2) is 42.6 Å². The fourth-order valence-electron chi connectivity index (χ4n) is 3.25. The third-order valence-corrected chi connectivity index (χ3v) is 5.52. The maximum absolute atomic E-state index is 4.40. The normalized spacial score (nSPS) is 14.4. The molecule has 1 fully saturated rings. The van der Waals surface area contributed by atoms with Crippen LogP contribution in [0.3, 0.4) is 0 Å². The minimum atomic E-state index is 0.805. The Balaban J connectivity index is 1.42. The highest BCUT2D eigenvalue weighted by atomic mass is 32.1. The van der Waals surface area contributed by atoms with Gasteiger partial charge in [0.25, 0.3) is 0 Å². The molecular formula is C19H23N5S.